The molecule has 0 aliphatic heterocycles. The molecule has 268 valence electrons. The number of nitrogens with one attached hydrogen (secondary N) is 2. The molecule has 4 nitrogen and oxygen atoms in total. The van der Waals surface area contributed by atoms with Gasteiger partial charge in [-0.05, 0) is 84.9 Å². The van der Waals surface area contributed by atoms with Crippen molar-refractivity contribution < 1.29 is 0 Å². The summed E-state index contributed by atoms with van der Waals surface area (Å²) in [5.41, 5.74) is 17.8. The van der Waals surface area contributed by atoms with Crippen LogP contribution in [0.4, 0.5) is 34.1 Å². The Morgan fingerprint density at radius 2 is 0.673 bits per heavy atom. The Balaban J connectivity index is 0.000000133. The lowest BCUT2D eigenvalue weighted by Crippen LogP contribution is -1.88. The minimum atomic E-state index is 0.824. The summed E-state index contributed by atoms with van der Waals surface area (Å²) in [5.74, 6) is 0. The number of thiophene rings is 4. The van der Waals surface area contributed by atoms with Crippen molar-refractivity contribution in [3.8, 4) is 0 Å². The van der Waals surface area contributed by atoms with Gasteiger partial charge in [0, 0.05) is 78.9 Å². The van der Waals surface area contributed by atoms with E-state index in [1.807, 2.05) is 99.9 Å². The van der Waals surface area contributed by atoms with Gasteiger partial charge in [0.2, 0.25) is 0 Å². The first-order chi connectivity index (χ1) is 26.9. The molecule has 0 radical (unpaired) electrons. The smallest absolute Gasteiger partial charge is 0.0542 e. The van der Waals surface area contributed by atoms with Crippen LogP contribution in [0.25, 0.3) is 59.1 Å². The van der Waals surface area contributed by atoms with E-state index in [1.54, 1.807) is 0 Å². The Hall–Kier alpha value is -5.42. The van der Waals surface area contributed by atoms with Gasteiger partial charge >= 0.3 is 0 Å². The van der Waals surface area contributed by atoms with Crippen molar-refractivity contribution in [2.45, 2.75) is 0 Å². The number of nitrogens with two attached hydrogens (primary N) is 2. The number of nitrogen functional groups attached to an aromatic ring is 2. The van der Waals surface area contributed by atoms with Gasteiger partial charge in [-0.3, -0.25) is 0 Å². The molecular formula is C46H33BrN4S4. The molecule has 0 aliphatic carbocycles. The van der Waals surface area contributed by atoms with Gasteiger partial charge in [0.25, 0.3) is 0 Å². The molecule has 0 fully saturated rings. The second kappa shape index (κ2) is 15.4. The van der Waals surface area contributed by atoms with Crippen LogP contribution in [0.3, 0.4) is 0 Å². The van der Waals surface area contributed by atoms with Crippen LogP contribution in [0, 0.1) is 0 Å². The summed E-state index contributed by atoms with van der Waals surface area (Å²) in [6, 6.07) is 56.2. The number of anilines is 6. The molecule has 11 aromatic rings. The lowest BCUT2D eigenvalue weighted by atomic mass is 10.2. The maximum Gasteiger partial charge on any atom is 0.0542 e. The van der Waals surface area contributed by atoms with Crippen molar-refractivity contribution in [1.82, 2.24) is 0 Å². The molecule has 0 spiro atoms. The van der Waals surface area contributed by atoms with E-state index >= 15 is 0 Å². The second-order valence-corrected chi connectivity index (χ2v) is 18.1. The van der Waals surface area contributed by atoms with Gasteiger partial charge in [-0.2, -0.15) is 0 Å². The van der Waals surface area contributed by atoms with Crippen LogP contribution < -0.4 is 22.1 Å². The summed E-state index contributed by atoms with van der Waals surface area (Å²) >= 11 is 10.7. The average molecular weight is 850 g/mol. The highest BCUT2D eigenvalue weighted by Crippen LogP contribution is 2.46. The topological polar surface area (TPSA) is 76.1 Å². The number of fused-ring (bicyclic) bond motifs is 10. The van der Waals surface area contributed by atoms with Gasteiger partial charge in [-0.25, -0.2) is 0 Å². The number of rotatable bonds is 4. The zero-order chi connectivity index (χ0) is 37.3. The van der Waals surface area contributed by atoms with Crippen LogP contribution in [0.2, 0.25) is 0 Å². The lowest BCUT2D eigenvalue weighted by molar-refractivity contribution is 1.57. The average Bonchev–Trinajstić information content (AvgIpc) is 3.94. The SMILES string of the molecule is Brc1ccccc1.Nc1ccc2c(c1)sc1c3ccc(N)cc3sc21.c1ccc(Nc2ccc3c(c2)sc2c4ccc(Nc5ccccc5)cc4sc32)cc1. The van der Waals surface area contributed by atoms with E-state index in [1.165, 1.54) is 59.1 Å². The Morgan fingerprint density at radius 1 is 0.345 bits per heavy atom. The maximum absolute atomic E-state index is 5.84. The normalized spacial score (nSPS) is 11.1. The van der Waals surface area contributed by atoms with E-state index in [2.05, 4.69) is 136 Å². The lowest BCUT2D eigenvalue weighted by Gasteiger charge is -2.06. The standard InChI is InChI=1S/C26H18N2S2.C14H10N2S2.C6H5Br/c1-3-7-17(8-4-1)27-19-11-13-21-23(15-19)29-26-22-14-12-20(16-24(22)30-25(21)26)28-18-9-5-2-6-10-18;15-7-1-3-9-11(5-7)17-14-10-4-2-8(16)6-12(10)18-13(9)14;7-6-4-2-1-3-5-6/h1-16,27-28H;1-6H,15-16H2;1-5H. The first kappa shape index (κ1) is 35.3. The first-order valence-corrected chi connectivity index (χ1v) is 21.6. The van der Waals surface area contributed by atoms with Crippen LogP contribution in [0.15, 0.2) is 168 Å². The molecule has 0 saturated carbocycles. The summed E-state index contributed by atoms with van der Waals surface area (Å²) in [6.45, 7) is 0. The third kappa shape index (κ3) is 7.50. The predicted octanol–water partition coefficient (Wildman–Crippen LogP) is 15.6. The number of halogens is 1. The summed E-state index contributed by atoms with van der Waals surface area (Å²) in [4.78, 5) is 0. The first-order valence-electron chi connectivity index (χ1n) is 17.6. The Kier molecular flexibility index (Phi) is 9.86. The van der Waals surface area contributed by atoms with Crippen LogP contribution in [-0.4, -0.2) is 0 Å². The highest BCUT2D eigenvalue weighted by atomic mass is 79.9. The van der Waals surface area contributed by atoms with Crippen LogP contribution in [0.5, 0.6) is 0 Å². The zero-order valence-electron chi connectivity index (χ0n) is 29.3. The number of benzene rings is 7. The molecule has 0 atom stereocenters. The molecule has 6 N–H and O–H groups in total. The molecular weight excluding hydrogens is 817 g/mol. The number of hydrogen-bond donors (Lipinski definition) is 4. The minimum Gasteiger partial charge on any atom is -0.399 e. The summed E-state index contributed by atoms with van der Waals surface area (Å²) in [7, 11) is 0. The minimum absolute atomic E-state index is 0.824. The highest BCUT2D eigenvalue weighted by Gasteiger charge is 2.14. The Bertz CT molecular complexity index is 2890. The van der Waals surface area contributed by atoms with Crippen molar-refractivity contribution in [2.75, 3.05) is 22.1 Å². The van der Waals surface area contributed by atoms with Gasteiger partial charge in [0.15, 0.2) is 0 Å². The molecule has 0 amide bonds. The van der Waals surface area contributed by atoms with E-state index in [0.29, 0.717) is 0 Å². The van der Waals surface area contributed by atoms with E-state index in [0.717, 1.165) is 38.6 Å². The number of hydrogen-bond acceptors (Lipinski definition) is 8. The molecule has 0 aliphatic rings. The Labute approximate surface area is 342 Å². The predicted molar refractivity (Wildman–Crippen MR) is 252 cm³/mol. The molecule has 0 unspecified atom stereocenters. The van der Waals surface area contributed by atoms with Crippen molar-refractivity contribution in [1.29, 1.82) is 0 Å². The van der Waals surface area contributed by atoms with E-state index in [-0.39, 0.29) is 0 Å². The fourth-order valence-corrected chi connectivity index (χ4v) is 12.3. The fourth-order valence-electron chi connectivity index (χ4n) is 6.49. The van der Waals surface area contributed by atoms with Crippen molar-refractivity contribution in [3.05, 3.63) is 168 Å². The molecule has 4 aromatic heterocycles. The van der Waals surface area contributed by atoms with Gasteiger partial charge in [-0.1, -0.05) is 94.8 Å². The molecule has 4 heterocycles. The molecule has 7 aromatic carbocycles. The van der Waals surface area contributed by atoms with Gasteiger partial charge < -0.3 is 22.1 Å². The third-order valence-electron chi connectivity index (χ3n) is 9.07. The number of para-hydroxylation sites is 2. The monoisotopic (exact) mass is 848 g/mol. The van der Waals surface area contributed by atoms with Crippen LogP contribution >= 0.6 is 61.3 Å². The summed E-state index contributed by atoms with van der Waals surface area (Å²) in [6.07, 6.45) is 0. The van der Waals surface area contributed by atoms with Crippen LogP contribution in [0.1, 0.15) is 0 Å². The maximum atomic E-state index is 5.84. The Morgan fingerprint density at radius 3 is 1.02 bits per heavy atom. The van der Waals surface area contributed by atoms with E-state index in [4.69, 9.17) is 11.5 Å². The van der Waals surface area contributed by atoms with Crippen molar-refractivity contribution in [3.63, 3.8) is 0 Å². The molecule has 55 heavy (non-hydrogen) atoms. The largest absolute Gasteiger partial charge is 0.399 e. The van der Waals surface area contributed by atoms with Gasteiger partial charge in [0.05, 0.1) is 18.8 Å². The third-order valence-corrected chi connectivity index (χ3v) is 14.6. The molecule has 0 bridgehead atoms. The second-order valence-electron chi connectivity index (χ2n) is 12.9. The quantitative estimate of drug-likeness (QED) is 0.133. The van der Waals surface area contributed by atoms with E-state index < -0.39 is 0 Å². The van der Waals surface area contributed by atoms with Crippen LogP contribution in [-0.2, 0) is 0 Å². The molecule has 11 rings (SSSR count). The summed E-state index contributed by atoms with van der Waals surface area (Å²) < 4.78 is 11.8. The zero-order valence-corrected chi connectivity index (χ0v) is 34.1. The van der Waals surface area contributed by atoms with Gasteiger partial charge in [0.1, 0.15) is 0 Å². The van der Waals surface area contributed by atoms with Crippen molar-refractivity contribution >= 4 is 155 Å². The van der Waals surface area contributed by atoms with Gasteiger partial charge in [-0.15, -0.1) is 45.3 Å². The fraction of sp³-hybridized carbons (Fsp3) is 0. The molecule has 0 saturated heterocycles. The molecule has 9 heteroatoms. The summed E-state index contributed by atoms with van der Waals surface area (Å²) in [5, 5.41) is 12.3. The van der Waals surface area contributed by atoms with Crippen molar-refractivity contribution in [2.24, 2.45) is 0 Å². The van der Waals surface area contributed by atoms with E-state index in [9.17, 15) is 0 Å². The highest BCUT2D eigenvalue weighted by molar-refractivity contribution is 9.10.